The van der Waals surface area contributed by atoms with E-state index in [4.69, 9.17) is 0 Å². The van der Waals surface area contributed by atoms with E-state index < -0.39 is 0 Å². The minimum atomic E-state index is 0.102. The van der Waals surface area contributed by atoms with Crippen molar-refractivity contribution < 1.29 is 0 Å². The van der Waals surface area contributed by atoms with E-state index in [1.807, 2.05) is 0 Å². The fourth-order valence-electron chi connectivity index (χ4n) is 3.34. The van der Waals surface area contributed by atoms with E-state index in [0.717, 1.165) is 37.2 Å². The van der Waals surface area contributed by atoms with Gasteiger partial charge in [0.25, 0.3) is 0 Å². The van der Waals surface area contributed by atoms with Gasteiger partial charge in [-0.1, -0.05) is 58.4 Å². The molecule has 3 heteroatoms. The summed E-state index contributed by atoms with van der Waals surface area (Å²) in [5.74, 6) is 0. The van der Waals surface area contributed by atoms with Crippen LogP contribution < -0.4 is 0 Å². The van der Waals surface area contributed by atoms with Crippen molar-refractivity contribution in [3.63, 3.8) is 0 Å². The molecule has 0 unspecified atom stereocenters. The Morgan fingerprint density at radius 2 is 1.48 bits per heavy atom. The van der Waals surface area contributed by atoms with Crippen molar-refractivity contribution in [2.45, 2.75) is 25.9 Å². The summed E-state index contributed by atoms with van der Waals surface area (Å²) in [6.45, 7) is 10.2. The molecule has 2 aromatic carbocycles. The quantitative estimate of drug-likeness (QED) is 0.779. The second-order valence-corrected chi connectivity index (χ2v) is 7.73. The Balaban J connectivity index is 1.59. The molecule has 0 aliphatic carbocycles. The summed E-state index contributed by atoms with van der Waals surface area (Å²) < 4.78 is 1.15. The molecule has 2 nitrogen and oxygen atoms in total. The van der Waals surface area contributed by atoms with Gasteiger partial charge >= 0.3 is 0 Å². The third kappa shape index (κ3) is 4.03. The molecule has 0 bridgehead atoms. The van der Waals surface area contributed by atoms with E-state index in [0.29, 0.717) is 0 Å². The van der Waals surface area contributed by atoms with Gasteiger partial charge in [-0.3, -0.25) is 9.80 Å². The third-order valence-corrected chi connectivity index (χ3v) is 5.49. The van der Waals surface area contributed by atoms with Crippen LogP contribution in [-0.4, -0.2) is 36.0 Å². The molecule has 0 saturated carbocycles. The zero-order valence-corrected chi connectivity index (χ0v) is 15.6. The van der Waals surface area contributed by atoms with Gasteiger partial charge in [-0.25, -0.2) is 0 Å². The number of halogens is 1. The van der Waals surface area contributed by atoms with E-state index in [1.165, 1.54) is 11.1 Å². The summed E-state index contributed by atoms with van der Waals surface area (Å²) in [7, 11) is 0. The fourth-order valence-corrected chi connectivity index (χ4v) is 3.61. The van der Waals surface area contributed by atoms with E-state index in [-0.39, 0.29) is 5.54 Å². The smallest absolute Gasteiger partial charge is 0.0405 e. The fraction of sp³-hybridized carbons (Fsp3) is 0.400. The highest BCUT2D eigenvalue weighted by atomic mass is 79.9. The number of rotatable bonds is 4. The van der Waals surface area contributed by atoms with Gasteiger partial charge in [-0.15, -0.1) is 0 Å². The standard InChI is InChI=1S/C20H25BrN2/c1-20(2,18-6-4-3-5-7-18)23-14-12-22(13-15-23)16-17-8-10-19(21)11-9-17/h3-11H,12-16H2,1-2H3. The first-order chi connectivity index (χ1) is 11.1. The Morgan fingerprint density at radius 1 is 0.870 bits per heavy atom. The third-order valence-electron chi connectivity index (χ3n) is 4.96. The Bertz CT molecular complexity index is 614. The van der Waals surface area contributed by atoms with Crippen LogP contribution in [-0.2, 0) is 12.1 Å². The molecule has 1 aliphatic heterocycles. The molecule has 0 amide bonds. The molecule has 1 heterocycles. The number of hydrogen-bond donors (Lipinski definition) is 0. The predicted octanol–water partition coefficient (Wildman–Crippen LogP) is 4.50. The van der Waals surface area contributed by atoms with Gasteiger partial charge in [0.1, 0.15) is 0 Å². The van der Waals surface area contributed by atoms with Crippen molar-refractivity contribution in [1.82, 2.24) is 9.80 Å². The van der Waals surface area contributed by atoms with Gasteiger partial charge in [0, 0.05) is 42.7 Å². The number of nitrogens with zero attached hydrogens (tertiary/aromatic N) is 2. The van der Waals surface area contributed by atoms with Crippen LogP contribution in [0.3, 0.4) is 0 Å². The second-order valence-electron chi connectivity index (χ2n) is 6.81. The molecule has 2 aromatic rings. The maximum atomic E-state index is 3.50. The van der Waals surface area contributed by atoms with Gasteiger partial charge < -0.3 is 0 Å². The number of benzene rings is 2. The summed E-state index contributed by atoms with van der Waals surface area (Å²) in [5.41, 5.74) is 2.90. The SMILES string of the molecule is CC(C)(c1ccccc1)N1CCN(Cc2ccc(Br)cc2)CC1. The lowest BCUT2D eigenvalue weighted by Gasteiger charge is -2.44. The average molecular weight is 373 g/mol. The molecule has 3 rings (SSSR count). The first kappa shape index (κ1) is 16.7. The maximum absolute atomic E-state index is 3.50. The molecule has 1 aliphatic rings. The van der Waals surface area contributed by atoms with Crippen LogP contribution in [0.5, 0.6) is 0 Å². The molecule has 0 atom stereocenters. The van der Waals surface area contributed by atoms with Crippen molar-refractivity contribution in [1.29, 1.82) is 0 Å². The van der Waals surface area contributed by atoms with Gasteiger partial charge in [0.2, 0.25) is 0 Å². The molecular weight excluding hydrogens is 348 g/mol. The normalized spacial score (nSPS) is 17.3. The topological polar surface area (TPSA) is 6.48 Å². The largest absolute Gasteiger partial charge is 0.297 e. The summed E-state index contributed by atoms with van der Waals surface area (Å²) in [6.07, 6.45) is 0. The highest BCUT2D eigenvalue weighted by Crippen LogP contribution is 2.28. The molecule has 0 aromatic heterocycles. The molecular formula is C20H25BrN2. The molecule has 122 valence electrons. The Morgan fingerprint density at radius 3 is 2.09 bits per heavy atom. The highest BCUT2D eigenvalue weighted by Gasteiger charge is 2.31. The van der Waals surface area contributed by atoms with E-state index in [2.05, 4.69) is 94.2 Å². The minimum Gasteiger partial charge on any atom is -0.297 e. The summed E-state index contributed by atoms with van der Waals surface area (Å²) in [4.78, 5) is 5.17. The molecule has 1 fully saturated rings. The molecule has 23 heavy (non-hydrogen) atoms. The summed E-state index contributed by atoms with van der Waals surface area (Å²) in [6, 6.07) is 19.5. The van der Waals surface area contributed by atoms with Crippen LogP contribution in [0.15, 0.2) is 59.1 Å². The van der Waals surface area contributed by atoms with Crippen molar-refractivity contribution in [3.8, 4) is 0 Å². The molecule has 0 N–H and O–H groups in total. The van der Waals surface area contributed by atoms with Crippen molar-refractivity contribution in [3.05, 3.63) is 70.2 Å². The monoisotopic (exact) mass is 372 g/mol. The zero-order valence-electron chi connectivity index (χ0n) is 14.0. The van der Waals surface area contributed by atoms with Crippen LogP contribution >= 0.6 is 15.9 Å². The Kier molecular flexibility index (Phi) is 5.20. The molecule has 1 saturated heterocycles. The Labute approximate surface area is 148 Å². The maximum Gasteiger partial charge on any atom is 0.0405 e. The lowest BCUT2D eigenvalue weighted by molar-refractivity contribution is 0.0475. The van der Waals surface area contributed by atoms with E-state index in [9.17, 15) is 0 Å². The predicted molar refractivity (Wildman–Crippen MR) is 100 cm³/mol. The lowest BCUT2D eigenvalue weighted by Crippen LogP contribution is -2.52. The van der Waals surface area contributed by atoms with Gasteiger partial charge in [0.05, 0.1) is 0 Å². The second kappa shape index (κ2) is 7.16. The van der Waals surface area contributed by atoms with Crippen molar-refractivity contribution in [2.24, 2.45) is 0 Å². The van der Waals surface area contributed by atoms with E-state index >= 15 is 0 Å². The van der Waals surface area contributed by atoms with Gasteiger partial charge in [-0.2, -0.15) is 0 Å². The van der Waals surface area contributed by atoms with Crippen LogP contribution in [0.4, 0.5) is 0 Å². The highest BCUT2D eigenvalue weighted by molar-refractivity contribution is 9.10. The Hall–Kier alpha value is -1.16. The summed E-state index contributed by atoms with van der Waals surface area (Å²) >= 11 is 3.50. The summed E-state index contributed by atoms with van der Waals surface area (Å²) in [5, 5.41) is 0. The lowest BCUT2D eigenvalue weighted by atomic mass is 9.91. The molecule has 0 radical (unpaired) electrons. The van der Waals surface area contributed by atoms with Crippen LogP contribution in [0.2, 0.25) is 0 Å². The first-order valence-corrected chi connectivity index (χ1v) is 9.12. The van der Waals surface area contributed by atoms with Gasteiger partial charge in [0.15, 0.2) is 0 Å². The van der Waals surface area contributed by atoms with Gasteiger partial charge in [-0.05, 0) is 37.1 Å². The number of piperazine rings is 1. The first-order valence-electron chi connectivity index (χ1n) is 8.33. The minimum absolute atomic E-state index is 0.102. The van der Waals surface area contributed by atoms with Crippen LogP contribution in [0.1, 0.15) is 25.0 Å². The zero-order chi connectivity index (χ0) is 16.3. The van der Waals surface area contributed by atoms with Crippen molar-refractivity contribution in [2.75, 3.05) is 26.2 Å². The van der Waals surface area contributed by atoms with Crippen LogP contribution in [0, 0.1) is 0 Å². The molecule has 0 spiro atoms. The van der Waals surface area contributed by atoms with Crippen LogP contribution in [0.25, 0.3) is 0 Å². The van der Waals surface area contributed by atoms with Crippen molar-refractivity contribution >= 4 is 15.9 Å². The van der Waals surface area contributed by atoms with E-state index in [1.54, 1.807) is 0 Å². The number of hydrogen-bond acceptors (Lipinski definition) is 2. The average Bonchev–Trinajstić information content (AvgIpc) is 2.58.